The summed E-state index contributed by atoms with van der Waals surface area (Å²) in [6.07, 6.45) is 0. The molecule has 0 saturated carbocycles. The summed E-state index contributed by atoms with van der Waals surface area (Å²) in [5.74, 6) is 1.60. The van der Waals surface area contributed by atoms with E-state index in [4.69, 9.17) is 33.3 Å². The van der Waals surface area contributed by atoms with Crippen molar-refractivity contribution in [1.29, 1.82) is 0 Å². The van der Waals surface area contributed by atoms with E-state index in [-0.39, 0.29) is 0 Å². The van der Waals surface area contributed by atoms with Crippen LogP contribution in [0.1, 0.15) is 5.56 Å². The molecule has 0 aromatic heterocycles. The zero-order valence-electron chi connectivity index (χ0n) is 13.8. The predicted molar refractivity (Wildman–Crippen MR) is 102 cm³/mol. The average molecular weight is 365 g/mol. The molecule has 0 heterocycles. The molecular weight excluding hydrogens is 344 g/mol. The van der Waals surface area contributed by atoms with E-state index in [0.717, 1.165) is 17.1 Å². The number of benzene rings is 2. The third-order valence-electron chi connectivity index (χ3n) is 3.44. The molecule has 0 saturated heterocycles. The summed E-state index contributed by atoms with van der Waals surface area (Å²) >= 11 is 11.3. The van der Waals surface area contributed by atoms with Crippen LogP contribution in [0, 0.1) is 0 Å². The van der Waals surface area contributed by atoms with Crippen LogP contribution in [0.3, 0.4) is 0 Å². The van der Waals surface area contributed by atoms with E-state index in [9.17, 15) is 0 Å². The van der Waals surface area contributed by atoms with Crippen LogP contribution in [0.5, 0.6) is 11.5 Å². The minimum absolute atomic E-state index is 0.529. The maximum Gasteiger partial charge on any atom is 0.169 e. The zero-order chi connectivity index (χ0) is 17.4. The van der Waals surface area contributed by atoms with Gasteiger partial charge < -0.3 is 19.7 Å². The predicted octanol–water partition coefficient (Wildman–Crippen LogP) is 3.73. The average Bonchev–Trinajstić information content (AvgIpc) is 2.60. The molecule has 2 aromatic carbocycles. The lowest BCUT2D eigenvalue weighted by Crippen LogP contribution is -2.38. The van der Waals surface area contributed by atoms with E-state index < -0.39 is 0 Å². The van der Waals surface area contributed by atoms with Gasteiger partial charge in [0.25, 0.3) is 0 Å². The summed E-state index contributed by atoms with van der Waals surface area (Å²) in [7, 11) is 3.59. The number of nitrogens with one attached hydrogen (secondary N) is 1. The number of ether oxygens (including phenoxy) is 2. The van der Waals surface area contributed by atoms with Crippen LogP contribution in [0.25, 0.3) is 0 Å². The maximum absolute atomic E-state index is 5.93. The molecule has 0 aliphatic rings. The highest BCUT2D eigenvalue weighted by molar-refractivity contribution is 7.80. The molecule has 1 N–H and O–H groups in total. The van der Waals surface area contributed by atoms with Crippen molar-refractivity contribution in [2.24, 2.45) is 0 Å². The zero-order valence-corrected chi connectivity index (χ0v) is 15.4. The van der Waals surface area contributed by atoms with Gasteiger partial charge in [-0.2, -0.15) is 0 Å². The fourth-order valence-corrected chi connectivity index (χ4v) is 2.36. The monoisotopic (exact) mass is 364 g/mol. The highest BCUT2D eigenvalue weighted by Gasteiger charge is 2.05. The van der Waals surface area contributed by atoms with Crippen molar-refractivity contribution in [3.8, 4) is 11.5 Å². The maximum atomic E-state index is 5.93. The number of thiocarbonyl (C=S) groups is 1. The summed E-state index contributed by atoms with van der Waals surface area (Å²) in [5, 5.41) is 4.58. The first-order chi connectivity index (χ1) is 11.6. The van der Waals surface area contributed by atoms with Crippen molar-refractivity contribution in [2.75, 3.05) is 27.3 Å². The van der Waals surface area contributed by atoms with Crippen LogP contribution in [0.4, 0.5) is 0 Å². The molecule has 2 rings (SSSR count). The minimum Gasteiger partial charge on any atom is -0.497 e. The number of methoxy groups -OCH3 is 1. The Labute approximate surface area is 153 Å². The number of likely N-dealkylation sites (N-methyl/N-ethyl adjacent to an activating group) is 1. The van der Waals surface area contributed by atoms with Crippen molar-refractivity contribution >= 4 is 28.9 Å². The standard InChI is InChI=1S/C18H21ClN2O2S/c1-21(10-11-23-17-5-3-4-15(19)12-17)18(24)20-13-14-6-8-16(22-2)9-7-14/h3-9,12H,10-11,13H2,1-2H3,(H,20,24). The first kappa shape index (κ1) is 18.4. The summed E-state index contributed by atoms with van der Waals surface area (Å²) < 4.78 is 10.8. The van der Waals surface area contributed by atoms with E-state index in [1.54, 1.807) is 13.2 Å². The molecule has 0 spiro atoms. The van der Waals surface area contributed by atoms with E-state index in [1.807, 2.05) is 54.4 Å². The van der Waals surface area contributed by atoms with Crippen molar-refractivity contribution < 1.29 is 9.47 Å². The van der Waals surface area contributed by atoms with Crippen molar-refractivity contribution in [1.82, 2.24) is 10.2 Å². The Bertz CT molecular complexity index is 664. The number of hydrogen-bond donors (Lipinski definition) is 1. The number of nitrogens with zero attached hydrogens (tertiary/aromatic N) is 1. The third kappa shape index (κ3) is 5.91. The van der Waals surface area contributed by atoms with Crippen LogP contribution in [0.15, 0.2) is 48.5 Å². The quantitative estimate of drug-likeness (QED) is 0.757. The van der Waals surface area contributed by atoms with Gasteiger partial charge in [0.2, 0.25) is 0 Å². The molecule has 0 radical (unpaired) electrons. The topological polar surface area (TPSA) is 33.7 Å². The Balaban J connectivity index is 1.71. The van der Waals surface area contributed by atoms with Gasteiger partial charge in [-0.1, -0.05) is 29.8 Å². The van der Waals surface area contributed by atoms with E-state index in [0.29, 0.717) is 29.8 Å². The molecule has 0 fully saturated rings. The van der Waals surface area contributed by atoms with Gasteiger partial charge in [-0.25, -0.2) is 0 Å². The van der Waals surface area contributed by atoms with Gasteiger partial charge in [0, 0.05) is 18.6 Å². The van der Waals surface area contributed by atoms with Crippen LogP contribution < -0.4 is 14.8 Å². The summed E-state index contributed by atoms with van der Waals surface area (Å²) in [6, 6.07) is 15.2. The van der Waals surface area contributed by atoms with Gasteiger partial charge in [-0.3, -0.25) is 0 Å². The first-order valence-electron chi connectivity index (χ1n) is 7.59. The normalized spacial score (nSPS) is 10.1. The van der Waals surface area contributed by atoms with Crippen molar-refractivity contribution in [2.45, 2.75) is 6.54 Å². The third-order valence-corrected chi connectivity index (χ3v) is 4.13. The van der Waals surface area contributed by atoms with E-state index >= 15 is 0 Å². The summed E-state index contributed by atoms with van der Waals surface area (Å²) in [4.78, 5) is 1.95. The van der Waals surface area contributed by atoms with Crippen LogP contribution in [-0.2, 0) is 6.54 Å². The molecular formula is C18H21ClN2O2S. The van der Waals surface area contributed by atoms with Gasteiger partial charge in [-0.05, 0) is 48.1 Å². The van der Waals surface area contributed by atoms with Crippen LogP contribution >= 0.6 is 23.8 Å². The van der Waals surface area contributed by atoms with E-state index in [2.05, 4.69) is 5.32 Å². The fourth-order valence-electron chi connectivity index (χ4n) is 2.01. The smallest absolute Gasteiger partial charge is 0.169 e. The fraction of sp³-hybridized carbons (Fsp3) is 0.278. The molecule has 24 heavy (non-hydrogen) atoms. The van der Waals surface area contributed by atoms with Gasteiger partial charge in [0.1, 0.15) is 18.1 Å². The number of halogens is 1. The molecule has 0 atom stereocenters. The molecule has 0 unspecified atom stereocenters. The second-order valence-corrected chi connectivity index (χ2v) is 6.06. The van der Waals surface area contributed by atoms with Gasteiger partial charge in [0.15, 0.2) is 5.11 Å². The number of hydrogen-bond acceptors (Lipinski definition) is 3. The Hall–Kier alpha value is -1.98. The molecule has 4 nitrogen and oxygen atoms in total. The second-order valence-electron chi connectivity index (χ2n) is 5.23. The van der Waals surface area contributed by atoms with E-state index in [1.165, 1.54) is 0 Å². The molecule has 128 valence electrons. The largest absolute Gasteiger partial charge is 0.497 e. The minimum atomic E-state index is 0.529. The first-order valence-corrected chi connectivity index (χ1v) is 8.37. The lowest BCUT2D eigenvalue weighted by Gasteiger charge is -2.21. The molecule has 0 bridgehead atoms. The molecule has 2 aromatic rings. The highest BCUT2D eigenvalue weighted by atomic mass is 35.5. The molecule has 0 amide bonds. The number of rotatable bonds is 7. The molecule has 0 aliphatic heterocycles. The lowest BCUT2D eigenvalue weighted by molar-refractivity contribution is 0.283. The molecule has 6 heteroatoms. The van der Waals surface area contributed by atoms with Gasteiger partial charge in [0.05, 0.1) is 13.7 Å². The Morgan fingerprint density at radius 1 is 1.17 bits per heavy atom. The SMILES string of the molecule is COc1ccc(CNC(=S)N(C)CCOc2cccc(Cl)c2)cc1. The van der Waals surface area contributed by atoms with Crippen molar-refractivity contribution in [3.05, 3.63) is 59.1 Å². The Morgan fingerprint density at radius 2 is 1.92 bits per heavy atom. The van der Waals surface area contributed by atoms with Crippen LogP contribution in [-0.4, -0.2) is 37.3 Å². The Kier molecular flexibility index (Phi) is 7.15. The molecule has 0 aliphatic carbocycles. The van der Waals surface area contributed by atoms with Gasteiger partial charge in [-0.15, -0.1) is 0 Å². The Morgan fingerprint density at radius 3 is 2.58 bits per heavy atom. The second kappa shape index (κ2) is 9.35. The van der Waals surface area contributed by atoms with Crippen molar-refractivity contribution in [3.63, 3.8) is 0 Å². The van der Waals surface area contributed by atoms with Crippen LogP contribution in [0.2, 0.25) is 5.02 Å². The summed E-state index contributed by atoms with van der Waals surface area (Å²) in [5.41, 5.74) is 1.14. The lowest BCUT2D eigenvalue weighted by atomic mass is 10.2. The highest BCUT2D eigenvalue weighted by Crippen LogP contribution is 2.16. The van der Waals surface area contributed by atoms with Gasteiger partial charge >= 0.3 is 0 Å². The summed E-state index contributed by atoms with van der Waals surface area (Å²) in [6.45, 7) is 1.88.